The second-order valence-electron chi connectivity index (χ2n) is 5.95. The first-order valence-electron chi connectivity index (χ1n) is 7.91. The number of carbonyl (C=O) groups is 1. The summed E-state index contributed by atoms with van der Waals surface area (Å²) in [6.45, 7) is 3.60. The van der Waals surface area contributed by atoms with Crippen LogP contribution in [-0.4, -0.2) is 38.3 Å². The number of rotatable bonds is 3. The fraction of sp³-hybridized carbons (Fsp3) is 0.444. The van der Waals surface area contributed by atoms with E-state index in [-0.39, 0.29) is 11.9 Å². The third-order valence-corrected chi connectivity index (χ3v) is 4.43. The van der Waals surface area contributed by atoms with E-state index in [0.717, 1.165) is 47.4 Å². The molecule has 0 saturated carbocycles. The van der Waals surface area contributed by atoms with Crippen molar-refractivity contribution in [1.82, 2.24) is 4.98 Å². The largest absolute Gasteiger partial charge is 0.494 e. The van der Waals surface area contributed by atoms with Crippen molar-refractivity contribution in [3.63, 3.8) is 0 Å². The van der Waals surface area contributed by atoms with Crippen LogP contribution in [0.5, 0.6) is 5.75 Å². The number of carbonyl (C=O) groups excluding carboxylic acids is 1. The van der Waals surface area contributed by atoms with E-state index in [9.17, 15) is 4.79 Å². The number of benzene rings is 1. The minimum absolute atomic E-state index is 0.0668. The number of aryl methyl sites for hydroxylation is 1. The number of fused-ring (bicyclic) bond motifs is 1. The van der Waals surface area contributed by atoms with Gasteiger partial charge in [-0.05, 0) is 31.9 Å². The summed E-state index contributed by atoms with van der Waals surface area (Å²) in [6, 6.07) is 8.04. The lowest BCUT2D eigenvalue weighted by Gasteiger charge is -2.34. The second-order valence-corrected chi connectivity index (χ2v) is 5.95. The molecule has 5 heteroatoms. The van der Waals surface area contributed by atoms with Crippen LogP contribution in [0, 0.1) is 12.8 Å². The second kappa shape index (κ2) is 6.44. The van der Waals surface area contributed by atoms with Gasteiger partial charge in [-0.15, -0.1) is 0 Å². The lowest BCUT2D eigenvalue weighted by molar-refractivity contribution is -0.145. The molecule has 0 radical (unpaired) electrons. The Balaban J connectivity index is 2.03. The minimum atomic E-state index is -0.123. The molecule has 23 heavy (non-hydrogen) atoms. The van der Waals surface area contributed by atoms with E-state index in [1.165, 1.54) is 7.11 Å². The maximum atomic E-state index is 11.9. The van der Waals surface area contributed by atoms with Crippen molar-refractivity contribution in [3.8, 4) is 5.75 Å². The quantitative estimate of drug-likeness (QED) is 0.815. The average Bonchev–Trinajstić information content (AvgIpc) is 2.59. The first-order chi connectivity index (χ1) is 11.1. The van der Waals surface area contributed by atoms with Crippen molar-refractivity contribution >= 4 is 22.6 Å². The highest BCUT2D eigenvalue weighted by molar-refractivity contribution is 5.95. The maximum Gasteiger partial charge on any atom is 0.310 e. The molecule has 122 valence electrons. The van der Waals surface area contributed by atoms with Crippen molar-refractivity contribution in [2.24, 2.45) is 5.92 Å². The molecule has 3 rings (SSSR count). The summed E-state index contributed by atoms with van der Waals surface area (Å²) < 4.78 is 10.4. The van der Waals surface area contributed by atoms with Gasteiger partial charge in [0.15, 0.2) is 0 Å². The number of hydrogen-bond acceptors (Lipinski definition) is 5. The van der Waals surface area contributed by atoms with Crippen LogP contribution in [0.25, 0.3) is 10.9 Å². The molecule has 1 aromatic carbocycles. The summed E-state index contributed by atoms with van der Waals surface area (Å²) in [5.41, 5.74) is 2.92. The standard InChI is InChI=1S/C18H22N2O3/c1-12-10-15(14-7-4-8-16(22-2)17(14)19-12)20-9-5-6-13(11-20)18(21)23-3/h4,7-8,10,13H,5-6,9,11H2,1-3H3/t13-/m1/s1. The SMILES string of the molecule is COC(=O)[C@@H]1CCCN(c2cc(C)nc3c(OC)cccc23)C1. The third-order valence-electron chi connectivity index (χ3n) is 4.43. The van der Waals surface area contributed by atoms with Gasteiger partial charge in [0.25, 0.3) is 0 Å². The smallest absolute Gasteiger partial charge is 0.310 e. The highest BCUT2D eigenvalue weighted by Crippen LogP contribution is 2.34. The van der Waals surface area contributed by atoms with Crippen LogP contribution < -0.4 is 9.64 Å². The third kappa shape index (κ3) is 2.96. The van der Waals surface area contributed by atoms with E-state index >= 15 is 0 Å². The molecule has 1 atom stereocenters. The topological polar surface area (TPSA) is 51.7 Å². The molecule has 0 aliphatic carbocycles. The highest BCUT2D eigenvalue weighted by Gasteiger charge is 2.27. The number of para-hydroxylation sites is 1. The molecule has 1 saturated heterocycles. The molecule has 2 heterocycles. The predicted molar refractivity (Wildman–Crippen MR) is 90.0 cm³/mol. The van der Waals surface area contributed by atoms with Gasteiger partial charge in [0, 0.05) is 29.9 Å². The van der Waals surface area contributed by atoms with E-state index in [1.54, 1.807) is 7.11 Å². The summed E-state index contributed by atoms with van der Waals surface area (Å²) in [6.07, 6.45) is 1.86. The molecule has 0 bridgehead atoms. The average molecular weight is 314 g/mol. The number of ether oxygens (including phenoxy) is 2. The molecule has 1 aliphatic heterocycles. The number of piperidine rings is 1. The highest BCUT2D eigenvalue weighted by atomic mass is 16.5. The Morgan fingerprint density at radius 1 is 1.35 bits per heavy atom. The van der Waals surface area contributed by atoms with Crippen LogP contribution in [0.15, 0.2) is 24.3 Å². The minimum Gasteiger partial charge on any atom is -0.494 e. The molecule has 5 nitrogen and oxygen atoms in total. The molecule has 0 amide bonds. The Kier molecular flexibility index (Phi) is 4.37. The van der Waals surface area contributed by atoms with E-state index in [1.807, 2.05) is 19.1 Å². The summed E-state index contributed by atoms with van der Waals surface area (Å²) in [7, 11) is 3.12. The molecular formula is C18H22N2O3. The normalized spacial score (nSPS) is 18.0. The number of esters is 1. The molecule has 0 unspecified atom stereocenters. The van der Waals surface area contributed by atoms with Gasteiger partial charge in [-0.1, -0.05) is 12.1 Å². The number of anilines is 1. The number of pyridine rings is 1. The van der Waals surface area contributed by atoms with E-state index in [4.69, 9.17) is 9.47 Å². The summed E-state index contributed by atoms with van der Waals surface area (Å²) >= 11 is 0. The summed E-state index contributed by atoms with van der Waals surface area (Å²) in [5, 5.41) is 1.06. The fourth-order valence-corrected chi connectivity index (χ4v) is 3.31. The van der Waals surface area contributed by atoms with Crippen LogP contribution in [0.2, 0.25) is 0 Å². The number of nitrogens with zero attached hydrogens (tertiary/aromatic N) is 2. The fourth-order valence-electron chi connectivity index (χ4n) is 3.31. The zero-order valence-electron chi connectivity index (χ0n) is 13.8. The number of hydrogen-bond donors (Lipinski definition) is 0. The van der Waals surface area contributed by atoms with Crippen molar-refractivity contribution in [1.29, 1.82) is 0 Å². The predicted octanol–water partition coefficient (Wildman–Crippen LogP) is 2.94. The summed E-state index contributed by atoms with van der Waals surface area (Å²) in [4.78, 5) is 18.8. The van der Waals surface area contributed by atoms with Crippen LogP contribution in [0.4, 0.5) is 5.69 Å². The van der Waals surface area contributed by atoms with E-state index in [0.29, 0.717) is 6.54 Å². The molecular weight excluding hydrogens is 292 g/mol. The van der Waals surface area contributed by atoms with Gasteiger partial charge in [-0.3, -0.25) is 4.79 Å². The molecule has 0 N–H and O–H groups in total. The zero-order chi connectivity index (χ0) is 16.4. The molecule has 1 aliphatic rings. The first-order valence-corrected chi connectivity index (χ1v) is 7.91. The Bertz CT molecular complexity index is 730. The number of methoxy groups -OCH3 is 2. The molecule has 0 spiro atoms. The van der Waals surface area contributed by atoms with Gasteiger partial charge in [0.05, 0.1) is 20.1 Å². The monoisotopic (exact) mass is 314 g/mol. The molecule has 1 aromatic heterocycles. The number of aromatic nitrogens is 1. The Labute approximate surface area is 136 Å². The molecule has 2 aromatic rings. The first kappa shape index (κ1) is 15.6. The zero-order valence-corrected chi connectivity index (χ0v) is 13.8. The lowest BCUT2D eigenvalue weighted by atomic mass is 9.97. The van der Waals surface area contributed by atoms with Crippen LogP contribution in [0.3, 0.4) is 0 Å². The van der Waals surface area contributed by atoms with Gasteiger partial charge in [-0.25, -0.2) is 4.98 Å². The van der Waals surface area contributed by atoms with E-state index < -0.39 is 0 Å². The maximum absolute atomic E-state index is 11.9. The van der Waals surface area contributed by atoms with E-state index in [2.05, 4.69) is 22.0 Å². The Morgan fingerprint density at radius 2 is 2.17 bits per heavy atom. The van der Waals surface area contributed by atoms with Gasteiger partial charge < -0.3 is 14.4 Å². The van der Waals surface area contributed by atoms with Crippen molar-refractivity contribution in [3.05, 3.63) is 30.0 Å². The Hall–Kier alpha value is -2.30. The lowest BCUT2D eigenvalue weighted by Crippen LogP contribution is -2.39. The van der Waals surface area contributed by atoms with Crippen LogP contribution >= 0.6 is 0 Å². The van der Waals surface area contributed by atoms with Gasteiger partial charge in [-0.2, -0.15) is 0 Å². The molecule has 1 fully saturated rings. The van der Waals surface area contributed by atoms with Gasteiger partial charge in [0.1, 0.15) is 11.3 Å². The van der Waals surface area contributed by atoms with Gasteiger partial charge >= 0.3 is 5.97 Å². The van der Waals surface area contributed by atoms with Crippen molar-refractivity contribution < 1.29 is 14.3 Å². The van der Waals surface area contributed by atoms with Crippen molar-refractivity contribution in [2.75, 3.05) is 32.2 Å². The Morgan fingerprint density at radius 3 is 2.91 bits per heavy atom. The van der Waals surface area contributed by atoms with Gasteiger partial charge in [0.2, 0.25) is 0 Å². The van der Waals surface area contributed by atoms with Crippen LogP contribution in [-0.2, 0) is 9.53 Å². The van der Waals surface area contributed by atoms with Crippen LogP contribution in [0.1, 0.15) is 18.5 Å². The van der Waals surface area contributed by atoms with Crippen molar-refractivity contribution in [2.45, 2.75) is 19.8 Å². The summed E-state index contributed by atoms with van der Waals surface area (Å²) in [5.74, 6) is 0.583.